The average molecular weight is 154 g/mol. The van der Waals surface area contributed by atoms with Crippen molar-refractivity contribution in [3.05, 3.63) is 0 Å². The van der Waals surface area contributed by atoms with Gasteiger partial charge in [-0.3, -0.25) is 0 Å². The summed E-state index contributed by atoms with van der Waals surface area (Å²) in [6.07, 6.45) is 4.28. The summed E-state index contributed by atoms with van der Waals surface area (Å²) in [4.78, 5) is 2.38. The summed E-state index contributed by atoms with van der Waals surface area (Å²) in [5.74, 6) is 0.988. The van der Waals surface area contributed by atoms with Gasteiger partial charge in [0.15, 0.2) is 0 Å². The summed E-state index contributed by atoms with van der Waals surface area (Å²) < 4.78 is 0. The molecule has 3 atom stereocenters. The predicted molar refractivity (Wildman–Crippen MR) is 46.6 cm³/mol. The van der Waals surface area contributed by atoms with Crippen LogP contribution in [0.3, 0.4) is 0 Å². The quantitative estimate of drug-likeness (QED) is 0.592. The minimum Gasteiger partial charge on any atom is -0.311 e. The van der Waals surface area contributed by atoms with Crippen LogP contribution in [0.25, 0.3) is 0 Å². The van der Waals surface area contributed by atoms with Gasteiger partial charge in [0.25, 0.3) is 0 Å². The van der Waals surface area contributed by atoms with Gasteiger partial charge in [0.05, 0.1) is 0 Å². The van der Waals surface area contributed by atoms with Gasteiger partial charge in [-0.15, -0.1) is 0 Å². The summed E-state index contributed by atoms with van der Waals surface area (Å²) in [6.45, 7) is 1.28. The molecule has 0 bridgehead atoms. The third kappa shape index (κ3) is 1.57. The lowest BCUT2D eigenvalue weighted by Crippen LogP contribution is -2.25. The van der Waals surface area contributed by atoms with E-state index in [9.17, 15) is 0 Å². The van der Waals surface area contributed by atoms with E-state index in [4.69, 9.17) is 0 Å². The third-order valence-electron chi connectivity index (χ3n) is 3.18. The minimum atomic E-state index is 0.863. The lowest BCUT2D eigenvalue weighted by Gasteiger charge is -2.18. The summed E-state index contributed by atoms with van der Waals surface area (Å²) in [7, 11) is 4.40. The van der Waals surface area contributed by atoms with Crippen LogP contribution in [0.5, 0.6) is 0 Å². The van der Waals surface area contributed by atoms with Gasteiger partial charge < -0.3 is 10.2 Å². The summed E-state index contributed by atoms with van der Waals surface area (Å²) >= 11 is 0. The lowest BCUT2D eigenvalue weighted by atomic mass is 10.0. The molecule has 1 N–H and O–H groups in total. The van der Waals surface area contributed by atoms with Gasteiger partial charge in [-0.1, -0.05) is 0 Å². The monoisotopic (exact) mass is 154 g/mol. The summed E-state index contributed by atoms with van der Waals surface area (Å²) in [5.41, 5.74) is 0. The van der Waals surface area contributed by atoms with Gasteiger partial charge in [0.2, 0.25) is 0 Å². The topological polar surface area (TPSA) is 25.2 Å². The zero-order valence-electron chi connectivity index (χ0n) is 7.51. The molecular weight excluding hydrogens is 136 g/mol. The van der Waals surface area contributed by atoms with E-state index < -0.39 is 0 Å². The highest BCUT2D eigenvalue weighted by molar-refractivity contribution is 4.95. The van der Waals surface area contributed by atoms with Crippen molar-refractivity contribution in [3.63, 3.8) is 0 Å². The molecule has 1 unspecified atom stereocenters. The van der Waals surface area contributed by atoms with Gasteiger partial charge >= 0.3 is 0 Å². The second-order valence-corrected chi connectivity index (χ2v) is 4.21. The van der Waals surface area contributed by atoms with Crippen LogP contribution in [-0.4, -0.2) is 37.6 Å². The second kappa shape index (κ2) is 2.76. The molecule has 2 aliphatic rings. The molecule has 1 heterocycles. The Kier molecular flexibility index (Phi) is 1.90. The molecule has 0 amide bonds. The summed E-state index contributed by atoms with van der Waals surface area (Å²) in [5, 5.41) is 3.42. The Morgan fingerprint density at radius 3 is 2.45 bits per heavy atom. The average Bonchev–Trinajstić information content (AvgIpc) is 2.68. The van der Waals surface area contributed by atoms with E-state index in [1.165, 1.54) is 25.8 Å². The highest BCUT2D eigenvalue weighted by Gasteiger charge is 2.36. The molecule has 1 aliphatic heterocycles. The van der Waals surface area contributed by atoms with Crippen LogP contribution in [0.1, 0.15) is 19.3 Å². The van der Waals surface area contributed by atoms with Gasteiger partial charge in [-0.05, 0) is 39.3 Å². The highest BCUT2D eigenvalue weighted by Crippen LogP contribution is 2.33. The zero-order valence-corrected chi connectivity index (χ0v) is 7.51. The van der Waals surface area contributed by atoms with E-state index in [1.54, 1.807) is 0 Å². The van der Waals surface area contributed by atoms with E-state index in [1.807, 2.05) is 0 Å². The van der Waals surface area contributed by atoms with Crippen molar-refractivity contribution in [2.75, 3.05) is 20.6 Å². The molecule has 2 nitrogen and oxygen atoms in total. The Morgan fingerprint density at radius 2 is 2.00 bits per heavy atom. The van der Waals surface area contributed by atoms with Crippen LogP contribution in [0.2, 0.25) is 0 Å². The van der Waals surface area contributed by atoms with Crippen molar-refractivity contribution in [3.8, 4) is 0 Å². The van der Waals surface area contributed by atoms with E-state index >= 15 is 0 Å². The SMILES string of the molecule is CN(C)[C@H]1CC[C@H](C2CN2)C1. The molecule has 64 valence electrons. The fourth-order valence-electron chi connectivity index (χ4n) is 2.23. The molecule has 2 rings (SSSR count). The Labute approximate surface area is 69.0 Å². The van der Waals surface area contributed by atoms with Crippen LogP contribution in [0, 0.1) is 5.92 Å². The fraction of sp³-hybridized carbons (Fsp3) is 1.00. The first-order valence-corrected chi connectivity index (χ1v) is 4.67. The Balaban J connectivity index is 1.82. The number of rotatable bonds is 2. The first kappa shape index (κ1) is 7.56. The molecule has 11 heavy (non-hydrogen) atoms. The van der Waals surface area contributed by atoms with Crippen LogP contribution in [-0.2, 0) is 0 Å². The van der Waals surface area contributed by atoms with Gasteiger partial charge in [-0.25, -0.2) is 0 Å². The van der Waals surface area contributed by atoms with Gasteiger partial charge in [-0.2, -0.15) is 0 Å². The molecular formula is C9H18N2. The first-order valence-electron chi connectivity index (χ1n) is 4.67. The smallest absolute Gasteiger partial charge is 0.0222 e. The molecule has 0 aromatic heterocycles. The maximum atomic E-state index is 3.42. The Hall–Kier alpha value is -0.0800. The zero-order chi connectivity index (χ0) is 7.84. The van der Waals surface area contributed by atoms with Crippen molar-refractivity contribution >= 4 is 0 Å². The van der Waals surface area contributed by atoms with Crippen LogP contribution in [0.4, 0.5) is 0 Å². The van der Waals surface area contributed by atoms with E-state index in [0.717, 1.165) is 18.0 Å². The molecule has 1 saturated carbocycles. The summed E-state index contributed by atoms with van der Waals surface area (Å²) in [6, 6.07) is 1.75. The van der Waals surface area contributed by atoms with Crippen LogP contribution >= 0.6 is 0 Å². The molecule has 0 spiro atoms. The number of hydrogen-bond donors (Lipinski definition) is 1. The first-order chi connectivity index (χ1) is 5.27. The normalized spacial score (nSPS) is 43.4. The Bertz CT molecular complexity index is 132. The molecule has 0 radical (unpaired) electrons. The van der Waals surface area contributed by atoms with E-state index in [0.29, 0.717) is 0 Å². The predicted octanol–water partition coefficient (Wildman–Crippen LogP) is 0.688. The number of hydrogen-bond acceptors (Lipinski definition) is 2. The van der Waals surface area contributed by atoms with E-state index in [-0.39, 0.29) is 0 Å². The largest absolute Gasteiger partial charge is 0.311 e. The lowest BCUT2D eigenvalue weighted by molar-refractivity contribution is 0.290. The third-order valence-corrected chi connectivity index (χ3v) is 3.18. The molecule has 0 aromatic rings. The minimum absolute atomic E-state index is 0.863. The maximum Gasteiger partial charge on any atom is 0.0222 e. The maximum absolute atomic E-state index is 3.42. The van der Waals surface area contributed by atoms with Gasteiger partial charge in [0, 0.05) is 18.6 Å². The molecule has 0 aromatic carbocycles. The van der Waals surface area contributed by atoms with E-state index in [2.05, 4.69) is 24.3 Å². The van der Waals surface area contributed by atoms with Gasteiger partial charge in [0.1, 0.15) is 0 Å². The van der Waals surface area contributed by atoms with Crippen LogP contribution < -0.4 is 5.32 Å². The highest BCUT2D eigenvalue weighted by atomic mass is 15.1. The molecule has 1 saturated heterocycles. The Morgan fingerprint density at radius 1 is 1.27 bits per heavy atom. The van der Waals surface area contributed by atoms with Crippen molar-refractivity contribution in [1.29, 1.82) is 0 Å². The van der Waals surface area contributed by atoms with Crippen molar-refractivity contribution in [2.24, 2.45) is 5.92 Å². The fourth-order valence-corrected chi connectivity index (χ4v) is 2.23. The number of nitrogens with one attached hydrogen (secondary N) is 1. The molecule has 2 fully saturated rings. The van der Waals surface area contributed by atoms with Crippen LogP contribution in [0.15, 0.2) is 0 Å². The van der Waals surface area contributed by atoms with Crippen molar-refractivity contribution in [1.82, 2.24) is 10.2 Å². The standard InChI is InChI=1S/C9H18N2/c1-11(2)8-4-3-7(5-8)9-6-10-9/h7-10H,3-6H2,1-2H3/t7-,8-,9?/m0/s1. The van der Waals surface area contributed by atoms with Crippen molar-refractivity contribution < 1.29 is 0 Å². The molecule has 1 aliphatic carbocycles. The molecule has 2 heteroatoms. The number of nitrogens with zero attached hydrogens (tertiary/aromatic N) is 1. The second-order valence-electron chi connectivity index (χ2n) is 4.21. The van der Waals surface area contributed by atoms with Crippen molar-refractivity contribution in [2.45, 2.75) is 31.3 Å².